The zero-order chi connectivity index (χ0) is 12.2. The molecule has 0 aromatic heterocycles. The van der Waals surface area contributed by atoms with Crippen molar-refractivity contribution in [2.75, 3.05) is 12.9 Å². The van der Waals surface area contributed by atoms with Crippen LogP contribution in [-0.4, -0.2) is 29.8 Å². The number of halogens is 1. The molecule has 0 radical (unpaired) electrons. The van der Waals surface area contributed by atoms with E-state index in [4.69, 9.17) is 11.6 Å². The number of hydrogen-bond acceptors (Lipinski definition) is 1. The molecule has 0 atom stereocenters. The van der Waals surface area contributed by atoms with E-state index in [-0.39, 0.29) is 5.91 Å². The molecule has 0 bridgehead atoms. The third kappa shape index (κ3) is 3.38. The molecule has 1 rings (SSSR count). The molecular weight excluding hydrogens is 222 g/mol. The Hall–Kier alpha value is -0.240. The number of alkyl halides is 1. The highest BCUT2D eigenvalue weighted by Crippen LogP contribution is 2.26. The summed E-state index contributed by atoms with van der Waals surface area (Å²) in [6.45, 7) is 3.85. The minimum atomic E-state index is -0.428. The molecule has 0 aromatic carbocycles. The quantitative estimate of drug-likeness (QED) is 0.551. The van der Waals surface area contributed by atoms with Gasteiger partial charge in [0.15, 0.2) is 0 Å². The predicted octanol–water partition coefficient (Wildman–Crippen LogP) is 3.43. The summed E-state index contributed by atoms with van der Waals surface area (Å²) in [5, 5.41) is 0. The van der Waals surface area contributed by atoms with Gasteiger partial charge in [-0.1, -0.05) is 25.7 Å². The third-order valence-corrected chi connectivity index (χ3v) is 4.27. The first-order valence-corrected chi connectivity index (χ1v) is 6.85. The second-order valence-corrected chi connectivity index (χ2v) is 5.85. The van der Waals surface area contributed by atoms with E-state index in [0.29, 0.717) is 11.9 Å². The number of nitrogens with zero attached hydrogens (tertiary/aromatic N) is 1. The number of hydrogen-bond donors (Lipinski definition) is 0. The van der Waals surface area contributed by atoms with Crippen LogP contribution in [0.3, 0.4) is 0 Å². The Kier molecular flexibility index (Phi) is 5.10. The highest BCUT2D eigenvalue weighted by Gasteiger charge is 2.32. The van der Waals surface area contributed by atoms with Crippen LogP contribution in [-0.2, 0) is 4.79 Å². The smallest absolute Gasteiger partial charge is 0.229 e. The standard InChI is InChI=1S/C13H24ClNO/c1-13(2,10-14)12(16)15(3)11-8-6-4-5-7-9-11/h11H,4-10H2,1-3H3. The van der Waals surface area contributed by atoms with Gasteiger partial charge in [-0.25, -0.2) is 0 Å². The molecule has 1 fully saturated rings. The Morgan fingerprint density at radius 1 is 1.25 bits per heavy atom. The maximum absolute atomic E-state index is 12.2. The molecule has 1 saturated carbocycles. The summed E-state index contributed by atoms with van der Waals surface area (Å²) in [6, 6.07) is 0.428. The van der Waals surface area contributed by atoms with Crippen LogP contribution in [0.5, 0.6) is 0 Å². The second-order valence-electron chi connectivity index (χ2n) is 5.58. The Morgan fingerprint density at radius 2 is 1.75 bits per heavy atom. The molecule has 0 spiro atoms. The van der Waals surface area contributed by atoms with Crippen molar-refractivity contribution in [3.05, 3.63) is 0 Å². The molecule has 94 valence electrons. The Labute approximate surface area is 104 Å². The van der Waals surface area contributed by atoms with E-state index in [9.17, 15) is 4.79 Å². The summed E-state index contributed by atoms with van der Waals surface area (Å²) in [7, 11) is 1.94. The van der Waals surface area contributed by atoms with E-state index in [0.717, 1.165) is 12.8 Å². The summed E-state index contributed by atoms with van der Waals surface area (Å²) in [4.78, 5) is 14.2. The molecule has 3 heteroatoms. The SMILES string of the molecule is CN(C(=O)C(C)(C)CCl)C1CCCCCC1. The summed E-state index contributed by atoms with van der Waals surface area (Å²) in [6.07, 6.45) is 7.45. The van der Waals surface area contributed by atoms with E-state index in [1.54, 1.807) is 0 Å². The molecule has 2 nitrogen and oxygen atoms in total. The Balaban J connectivity index is 2.61. The Bertz CT molecular complexity index is 232. The van der Waals surface area contributed by atoms with Gasteiger partial charge >= 0.3 is 0 Å². The molecule has 0 saturated heterocycles. The minimum Gasteiger partial charge on any atom is -0.342 e. The van der Waals surface area contributed by atoms with Crippen LogP contribution < -0.4 is 0 Å². The van der Waals surface area contributed by atoms with Gasteiger partial charge in [0.1, 0.15) is 0 Å². The molecule has 16 heavy (non-hydrogen) atoms. The maximum atomic E-state index is 12.2. The largest absolute Gasteiger partial charge is 0.342 e. The summed E-state index contributed by atoms with van der Waals surface area (Å²) in [5.41, 5.74) is -0.428. The van der Waals surface area contributed by atoms with Gasteiger partial charge < -0.3 is 4.90 Å². The number of rotatable bonds is 3. The zero-order valence-electron chi connectivity index (χ0n) is 10.8. The van der Waals surface area contributed by atoms with E-state index in [1.807, 2.05) is 25.8 Å². The molecule has 1 aliphatic rings. The number of carbonyl (C=O) groups excluding carboxylic acids is 1. The van der Waals surface area contributed by atoms with Crippen molar-refractivity contribution in [2.45, 2.75) is 58.4 Å². The minimum absolute atomic E-state index is 0.189. The van der Waals surface area contributed by atoms with E-state index < -0.39 is 5.41 Å². The summed E-state index contributed by atoms with van der Waals surface area (Å²) in [5.74, 6) is 0.581. The first-order chi connectivity index (χ1) is 7.49. The fourth-order valence-corrected chi connectivity index (χ4v) is 2.46. The van der Waals surface area contributed by atoms with Crippen LogP contribution in [0.1, 0.15) is 52.4 Å². The molecule has 0 unspecified atom stereocenters. The van der Waals surface area contributed by atoms with Crippen LogP contribution >= 0.6 is 11.6 Å². The van der Waals surface area contributed by atoms with Crippen molar-refractivity contribution in [3.63, 3.8) is 0 Å². The van der Waals surface area contributed by atoms with Crippen molar-refractivity contribution >= 4 is 17.5 Å². The lowest BCUT2D eigenvalue weighted by atomic mass is 9.93. The van der Waals surface area contributed by atoms with Crippen LogP contribution in [0.2, 0.25) is 0 Å². The second kappa shape index (κ2) is 5.90. The molecule has 0 aliphatic heterocycles. The lowest BCUT2D eigenvalue weighted by Crippen LogP contribution is -2.45. The fraction of sp³-hybridized carbons (Fsp3) is 0.923. The van der Waals surface area contributed by atoms with Gasteiger partial charge in [-0.3, -0.25) is 4.79 Å². The highest BCUT2D eigenvalue weighted by molar-refractivity contribution is 6.19. The zero-order valence-corrected chi connectivity index (χ0v) is 11.5. The maximum Gasteiger partial charge on any atom is 0.229 e. The molecule has 0 N–H and O–H groups in total. The van der Waals surface area contributed by atoms with Gasteiger partial charge in [0, 0.05) is 19.0 Å². The molecule has 1 amide bonds. The first kappa shape index (κ1) is 13.8. The van der Waals surface area contributed by atoms with Crippen LogP contribution in [0.4, 0.5) is 0 Å². The van der Waals surface area contributed by atoms with Crippen molar-refractivity contribution in [1.82, 2.24) is 4.90 Å². The summed E-state index contributed by atoms with van der Waals surface area (Å²) < 4.78 is 0. The average Bonchev–Trinajstić information content (AvgIpc) is 2.55. The van der Waals surface area contributed by atoms with Crippen LogP contribution in [0, 0.1) is 5.41 Å². The van der Waals surface area contributed by atoms with Crippen molar-refractivity contribution < 1.29 is 4.79 Å². The first-order valence-electron chi connectivity index (χ1n) is 6.32. The Morgan fingerprint density at radius 3 is 2.19 bits per heavy atom. The van der Waals surface area contributed by atoms with E-state index >= 15 is 0 Å². The topological polar surface area (TPSA) is 20.3 Å². The monoisotopic (exact) mass is 245 g/mol. The lowest BCUT2D eigenvalue weighted by molar-refractivity contribution is -0.140. The summed E-state index contributed by atoms with van der Waals surface area (Å²) >= 11 is 5.86. The van der Waals surface area contributed by atoms with Gasteiger partial charge in [-0.15, -0.1) is 11.6 Å². The van der Waals surface area contributed by atoms with Crippen molar-refractivity contribution in [1.29, 1.82) is 0 Å². The van der Waals surface area contributed by atoms with Gasteiger partial charge in [0.25, 0.3) is 0 Å². The van der Waals surface area contributed by atoms with Crippen LogP contribution in [0.25, 0.3) is 0 Å². The predicted molar refractivity (Wildman–Crippen MR) is 68.8 cm³/mol. The van der Waals surface area contributed by atoms with E-state index in [2.05, 4.69) is 0 Å². The van der Waals surface area contributed by atoms with Gasteiger partial charge in [-0.2, -0.15) is 0 Å². The normalized spacial score (nSPS) is 19.2. The van der Waals surface area contributed by atoms with E-state index in [1.165, 1.54) is 25.7 Å². The third-order valence-electron chi connectivity index (χ3n) is 3.61. The van der Waals surface area contributed by atoms with Crippen molar-refractivity contribution in [2.24, 2.45) is 5.41 Å². The lowest BCUT2D eigenvalue weighted by Gasteiger charge is -2.33. The van der Waals surface area contributed by atoms with Gasteiger partial charge in [-0.05, 0) is 26.7 Å². The number of carbonyl (C=O) groups is 1. The van der Waals surface area contributed by atoms with Gasteiger partial charge in [0.05, 0.1) is 5.41 Å². The fourth-order valence-electron chi connectivity index (χ4n) is 2.35. The molecule has 0 heterocycles. The van der Waals surface area contributed by atoms with Gasteiger partial charge in [0.2, 0.25) is 5.91 Å². The number of amides is 1. The molecular formula is C13H24ClNO. The van der Waals surface area contributed by atoms with Crippen molar-refractivity contribution in [3.8, 4) is 0 Å². The molecule has 1 aliphatic carbocycles. The van der Waals surface area contributed by atoms with Crippen LogP contribution in [0.15, 0.2) is 0 Å². The average molecular weight is 246 g/mol. The molecule has 0 aromatic rings. The highest BCUT2D eigenvalue weighted by atomic mass is 35.5.